The standard InChI is InChI=1S/C15H12O6/c1-19-7-20-10-3-2-4-11-12(10)13(17)8-5-6-9(16)14(18)15(8)21-11/h2-6,16,18H,7H2,1H3. The third-order valence-electron chi connectivity index (χ3n) is 3.11. The van der Waals surface area contributed by atoms with Crippen molar-refractivity contribution in [2.24, 2.45) is 0 Å². The molecule has 0 saturated heterocycles. The number of hydrogen-bond acceptors (Lipinski definition) is 6. The molecule has 0 aliphatic carbocycles. The predicted molar refractivity (Wildman–Crippen MR) is 75.8 cm³/mol. The molecule has 0 radical (unpaired) electrons. The Kier molecular flexibility index (Phi) is 3.15. The fourth-order valence-electron chi connectivity index (χ4n) is 2.15. The van der Waals surface area contributed by atoms with Gasteiger partial charge in [-0.1, -0.05) is 6.07 Å². The second-order valence-electron chi connectivity index (χ2n) is 4.42. The average molecular weight is 288 g/mol. The SMILES string of the molecule is COCOc1cccc2oc3c(O)c(O)ccc3c(=O)c12. The number of aromatic hydroxyl groups is 2. The van der Waals surface area contributed by atoms with Crippen molar-refractivity contribution in [2.75, 3.05) is 13.9 Å². The van der Waals surface area contributed by atoms with Crippen molar-refractivity contribution < 1.29 is 24.1 Å². The third kappa shape index (κ3) is 2.05. The van der Waals surface area contributed by atoms with E-state index in [0.29, 0.717) is 5.75 Å². The zero-order valence-corrected chi connectivity index (χ0v) is 11.1. The zero-order valence-electron chi connectivity index (χ0n) is 11.1. The summed E-state index contributed by atoms with van der Waals surface area (Å²) in [5, 5.41) is 19.7. The van der Waals surface area contributed by atoms with Gasteiger partial charge in [0, 0.05) is 7.11 Å². The van der Waals surface area contributed by atoms with Gasteiger partial charge in [-0.2, -0.15) is 0 Å². The fraction of sp³-hybridized carbons (Fsp3) is 0.133. The summed E-state index contributed by atoms with van der Waals surface area (Å²) in [6, 6.07) is 7.49. The van der Waals surface area contributed by atoms with E-state index >= 15 is 0 Å². The molecule has 6 nitrogen and oxygen atoms in total. The smallest absolute Gasteiger partial charge is 0.204 e. The van der Waals surface area contributed by atoms with E-state index in [-0.39, 0.29) is 39.9 Å². The van der Waals surface area contributed by atoms with Crippen LogP contribution in [0.3, 0.4) is 0 Å². The summed E-state index contributed by atoms with van der Waals surface area (Å²) < 4.78 is 15.7. The van der Waals surface area contributed by atoms with Crippen molar-refractivity contribution in [3.8, 4) is 17.2 Å². The minimum atomic E-state index is -0.463. The zero-order chi connectivity index (χ0) is 15.0. The van der Waals surface area contributed by atoms with Crippen LogP contribution >= 0.6 is 0 Å². The molecule has 108 valence electrons. The van der Waals surface area contributed by atoms with Crippen LogP contribution in [-0.4, -0.2) is 24.1 Å². The van der Waals surface area contributed by atoms with Crippen LogP contribution in [-0.2, 0) is 4.74 Å². The molecule has 0 aliphatic heterocycles. The Balaban J connectivity index is 2.40. The number of methoxy groups -OCH3 is 1. The highest BCUT2D eigenvalue weighted by atomic mass is 16.7. The number of phenolic OH excluding ortho intramolecular Hbond substituents is 2. The van der Waals surface area contributed by atoms with E-state index in [1.54, 1.807) is 18.2 Å². The Morgan fingerprint density at radius 3 is 2.76 bits per heavy atom. The van der Waals surface area contributed by atoms with Gasteiger partial charge in [0.25, 0.3) is 0 Å². The minimum Gasteiger partial charge on any atom is -0.504 e. The normalized spacial score (nSPS) is 11.1. The van der Waals surface area contributed by atoms with Crippen molar-refractivity contribution >= 4 is 21.9 Å². The van der Waals surface area contributed by atoms with E-state index in [4.69, 9.17) is 13.9 Å². The first-order chi connectivity index (χ1) is 10.1. The van der Waals surface area contributed by atoms with E-state index in [1.807, 2.05) is 0 Å². The number of fused-ring (bicyclic) bond motifs is 2. The van der Waals surface area contributed by atoms with Crippen molar-refractivity contribution in [1.82, 2.24) is 0 Å². The Morgan fingerprint density at radius 2 is 2.00 bits per heavy atom. The largest absolute Gasteiger partial charge is 0.504 e. The van der Waals surface area contributed by atoms with Gasteiger partial charge in [0.1, 0.15) is 16.7 Å². The van der Waals surface area contributed by atoms with E-state index in [0.717, 1.165) is 0 Å². The molecule has 0 bridgehead atoms. The average Bonchev–Trinajstić information content (AvgIpc) is 2.49. The van der Waals surface area contributed by atoms with Gasteiger partial charge in [0.05, 0.1) is 5.39 Å². The molecule has 3 aromatic rings. The molecule has 0 amide bonds. The van der Waals surface area contributed by atoms with E-state index in [1.165, 1.54) is 19.2 Å². The topological polar surface area (TPSA) is 89.1 Å². The molecule has 1 heterocycles. The third-order valence-corrected chi connectivity index (χ3v) is 3.11. The summed E-state index contributed by atoms with van der Waals surface area (Å²) in [6.45, 7) is -0.00256. The molecule has 0 aliphatic rings. The number of phenols is 2. The van der Waals surface area contributed by atoms with Crippen molar-refractivity contribution in [3.05, 3.63) is 40.6 Å². The van der Waals surface area contributed by atoms with E-state index < -0.39 is 5.75 Å². The fourth-order valence-corrected chi connectivity index (χ4v) is 2.15. The van der Waals surface area contributed by atoms with Crippen LogP contribution in [0.4, 0.5) is 0 Å². The van der Waals surface area contributed by atoms with Gasteiger partial charge in [-0.15, -0.1) is 0 Å². The predicted octanol–water partition coefficient (Wildman–Crippen LogP) is 2.34. The molecular formula is C15H12O6. The maximum absolute atomic E-state index is 12.6. The van der Waals surface area contributed by atoms with E-state index in [2.05, 4.69) is 0 Å². The lowest BCUT2D eigenvalue weighted by atomic mass is 10.1. The number of hydrogen-bond donors (Lipinski definition) is 2. The molecule has 6 heteroatoms. The van der Waals surface area contributed by atoms with Crippen LogP contribution in [0.25, 0.3) is 21.9 Å². The quantitative estimate of drug-likeness (QED) is 0.437. The summed E-state index contributed by atoms with van der Waals surface area (Å²) in [5.74, 6) is -0.482. The molecule has 0 saturated carbocycles. The first-order valence-corrected chi connectivity index (χ1v) is 6.15. The first kappa shape index (κ1) is 13.3. The van der Waals surface area contributed by atoms with Gasteiger partial charge >= 0.3 is 0 Å². The lowest BCUT2D eigenvalue weighted by Crippen LogP contribution is -2.06. The Labute approximate surface area is 118 Å². The Bertz CT molecular complexity index is 881. The van der Waals surface area contributed by atoms with Crippen LogP contribution < -0.4 is 10.2 Å². The molecule has 2 aromatic carbocycles. The first-order valence-electron chi connectivity index (χ1n) is 6.15. The summed E-state index contributed by atoms with van der Waals surface area (Å²) in [7, 11) is 1.48. The van der Waals surface area contributed by atoms with Crippen molar-refractivity contribution in [2.45, 2.75) is 0 Å². The lowest BCUT2D eigenvalue weighted by molar-refractivity contribution is 0.0522. The second-order valence-corrected chi connectivity index (χ2v) is 4.42. The molecular weight excluding hydrogens is 276 g/mol. The summed E-state index contributed by atoms with van der Waals surface area (Å²) >= 11 is 0. The van der Waals surface area contributed by atoms with Crippen LogP contribution in [0.15, 0.2) is 39.5 Å². The summed E-state index contributed by atoms with van der Waals surface area (Å²) in [5.41, 5.74) is -0.161. The maximum atomic E-state index is 12.6. The Hall–Kier alpha value is -2.73. The van der Waals surface area contributed by atoms with Gasteiger partial charge in [-0.05, 0) is 24.3 Å². The highest BCUT2D eigenvalue weighted by Crippen LogP contribution is 2.35. The molecule has 1 aromatic heterocycles. The Morgan fingerprint density at radius 1 is 1.19 bits per heavy atom. The minimum absolute atomic E-state index is 0.00256. The molecule has 0 fully saturated rings. The monoisotopic (exact) mass is 288 g/mol. The van der Waals surface area contributed by atoms with Gasteiger partial charge < -0.3 is 24.1 Å². The molecule has 0 unspecified atom stereocenters. The summed E-state index contributed by atoms with van der Waals surface area (Å²) in [6.07, 6.45) is 0. The molecule has 2 N–H and O–H groups in total. The molecule has 0 atom stereocenters. The number of benzene rings is 2. The van der Waals surface area contributed by atoms with Gasteiger partial charge in [0.2, 0.25) is 11.2 Å². The van der Waals surface area contributed by atoms with Gasteiger partial charge in [-0.25, -0.2) is 0 Å². The van der Waals surface area contributed by atoms with Crippen molar-refractivity contribution in [3.63, 3.8) is 0 Å². The molecule has 21 heavy (non-hydrogen) atoms. The van der Waals surface area contributed by atoms with E-state index in [9.17, 15) is 15.0 Å². The number of rotatable bonds is 3. The van der Waals surface area contributed by atoms with Gasteiger partial charge in [-0.3, -0.25) is 4.79 Å². The van der Waals surface area contributed by atoms with Gasteiger partial charge in [0.15, 0.2) is 18.1 Å². The lowest BCUT2D eigenvalue weighted by Gasteiger charge is -2.09. The maximum Gasteiger partial charge on any atom is 0.204 e. The van der Waals surface area contributed by atoms with Crippen LogP contribution in [0.1, 0.15) is 0 Å². The highest BCUT2D eigenvalue weighted by molar-refractivity contribution is 5.95. The van der Waals surface area contributed by atoms with Crippen LogP contribution in [0.2, 0.25) is 0 Å². The second kappa shape index (κ2) is 4.99. The molecule has 0 spiro atoms. The highest BCUT2D eigenvalue weighted by Gasteiger charge is 2.16. The number of ether oxygens (including phenoxy) is 2. The van der Waals surface area contributed by atoms with Crippen LogP contribution in [0, 0.1) is 0 Å². The van der Waals surface area contributed by atoms with Crippen molar-refractivity contribution in [1.29, 1.82) is 0 Å². The van der Waals surface area contributed by atoms with Crippen LogP contribution in [0.5, 0.6) is 17.2 Å². The molecule has 3 rings (SSSR count). The summed E-state index contributed by atoms with van der Waals surface area (Å²) in [4.78, 5) is 12.6.